The van der Waals surface area contributed by atoms with Crippen molar-refractivity contribution in [3.63, 3.8) is 0 Å². The van der Waals surface area contributed by atoms with E-state index in [-0.39, 0.29) is 6.10 Å². The second-order valence-corrected chi connectivity index (χ2v) is 12.2. The van der Waals surface area contributed by atoms with Gasteiger partial charge >= 0.3 is 0 Å². The molecule has 5 rings (SSSR count). The summed E-state index contributed by atoms with van der Waals surface area (Å²) in [5.74, 6) is 4.28. The molecule has 170 valence electrons. The van der Waals surface area contributed by atoms with Gasteiger partial charge in [0.05, 0.1) is 6.10 Å². The molecule has 2 nitrogen and oxygen atoms in total. The minimum Gasteiger partial charge on any atom is -0.393 e. The van der Waals surface area contributed by atoms with Crippen LogP contribution in [0.5, 0.6) is 0 Å². The van der Waals surface area contributed by atoms with Gasteiger partial charge in [-0.1, -0.05) is 38.5 Å². The summed E-state index contributed by atoms with van der Waals surface area (Å²) in [5.41, 5.74) is 5.01. The smallest absolute Gasteiger partial charge is 0.0577 e. The molecule has 0 spiro atoms. The Kier molecular flexibility index (Phi) is 5.60. The van der Waals surface area contributed by atoms with E-state index < -0.39 is 0 Å². The molecule has 0 bridgehead atoms. The van der Waals surface area contributed by atoms with Crippen molar-refractivity contribution in [3.8, 4) is 0 Å². The molecule has 3 fully saturated rings. The molecule has 0 saturated heterocycles. The van der Waals surface area contributed by atoms with Crippen molar-refractivity contribution >= 4 is 0 Å². The van der Waals surface area contributed by atoms with Crippen LogP contribution in [0.4, 0.5) is 0 Å². The number of aryl methyl sites for hydroxylation is 2. The van der Waals surface area contributed by atoms with Gasteiger partial charge in [0.25, 0.3) is 0 Å². The molecule has 0 unspecified atom stereocenters. The second kappa shape index (κ2) is 8.01. The summed E-state index contributed by atoms with van der Waals surface area (Å²) in [4.78, 5) is 4.66. The molecule has 4 aliphatic rings. The van der Waals surface area contributed by atoms with Gasteiger partial charge in [0.2, 0.25) is 0 Å². The van der Waals surface area contributed by atoms with E-state index in [1.54, 1.807) is 5.57 Å². The number of aliphatic hydroxyl groups is 1. The first-order valence-electron chi connectivity index (χ1n) is 13.1. The number of rotatable bonds is 4. The van der Waals surface area contributed by atoms with Crippen LogP contribution in [0.15, 0.2) is 30.0 Å². The van der Waals surface area contributed by atoms with Gasteiger partial charge in [0.15, 0.2) is 0 Å². The monoisotopic (exact) mass is 421 g/mol. The minimum atomic E-state index is -0.0931. The Labute approximate surface area is 189 Å². The molecule has 1 heterocycles. The van der Waals surface area contributed by atoms with Crippen molar-refractivity contribution < 1.29 is 5.11 Å². The summed E-state index contributed by atoms with van der Waals surface area (Å²) in [6, 6.07) is 4.43. The lowest BCUT2D eigenvalue weighted by molar-refractivity contribution is -0.0571. The first-order chi connectivity index (χ1) is 14.8. The topological polar surface area (TPSA) is 33.1 Å². The lowest BCUT2D eigenvalue weighted by atomic mass is 9.47. The van der Waals surface area contributed by atoms with E-state index in [2.05, 4.69) is 50.9 Å². The Hall–Kier alpha value is -1.15. The van der Waals surface area contributed by atoms with Gasteiger partial charge in [-0.05, 0) is 123 Å². The van der Waals surface area contributed by atoms with Crippen LogP contribution in [0.2, 0.25) is 0 Å². The van der Waals surface area contributed by atoms with Gasteiger partial charge < -0.3 is 5.11 Å². The number of aromatic nitrogens is 1. The summed E-state index contributed by atoms with van der Waals surface area (Å²) in [6.07, 6.45) is 17.0. The highest BCUT2D eigenvalue weighted by molar-refractivity contribution is 5.25. The van der Waals surface area contributed by atoms with Gasteiger partial charge in [0, 0.05) is 11.9 Å². The van der Waals surface area contributed by atoms with Crippen LogP contribution >= 0.6 is 0 Å². The van der Waals surface area contributed by atoms with Crippen molar-refractivity contribution in [2.24, 2.45) is 40.4 Å². The van der Waals surface area contributed by atoms with E-state index in [9.17, 15) is 5.11 Å². The maximum Gasteiger partial charge on any atom is 0.0577 e. The van der Waals surface area contributed by atoms with Crippen molar-refractivity contribution in [3.05, 3.63) is 41.2 Å². The third-order valence-electron chi connectivity index (χ3n) is 10.7. The summed E-state index contributed by atoms with van der Waals surface area (Å²) >= 11 is 0. The first kappa shape index (κ1) is 21.7. The molecule has 1 aromatic rings. The standard InChI is InChI=1S/C29H43NO/c1-19-5-8-22(30-18-19)9-6-20(2)25-11-12-26-24-10-7-21-17-23(31)13-15-28(21,3)27(24)14-16-29(25,26)4/h5,7-8,18,20,23-27,31H,6,9-17H2,1-4H3/t20-,23+,24+,25-,26+,27+,28+,29-/m1/s1. The number of allylic oxidation sites excluding steroid dienone is 1. The molecule has 2 heteroatoms. The zero-order valence-corrected chi connectivity index (χ0v) is 20.2. The Morgan fingerprint density at radius 1 is 1.10 bits per heavy atom. The zero-order chi connectivity index (χ0) is 21.8. The Balaban J connectivity index is 1.30. The number of fused-ring (bicyclic) bond motifs is 5. The van der Waals surface area contributed by atoms with Gasteiger partial charge in [0.1, 0.15) is 0 Å². The summed E-state index contributed by atoms with van der Waals surface area (Å²) in [5, 5.41) is 10.2. The summed E-state index contributed by atoms with van der Waals surface area (Å²) < 4.78 is 0. The maximum atomic E-state index is 10.2. The first-order valence-corrected chi connectivity index (χ1v) is 13.1. The molecule has 0 radical (unpaired) electrons. The predicted octanol–water partition coefficient (Wildman–Crippen LogP) is 6.90. The third-order valence-corrected chi connectivity index (χ3v) is 10.7. The number of nitrogens with zero attached hydrogens (tertiary/aromatic N) is 1. The van der Waals surface area contributed by atoms with E-state index in [4.69, 9.17) is 0 Å². The molecular formula is C29H43NO. The molecule has 1 aromatic heterocycles. The fraction of sp³-hybridized carbons (Fsp3) is 0.759. The molecule has 4 aliphatic carbocycles. The number of aliphatic hydroxyl groups excluding tert-OH is 1. The highest BCUT2D eigenvalue weighted by Gasteiger charge is 2.59. The SMILES string of the molecule is Cc1ccc(CC[C@@H](C)[C@H]2CC[C@H]3[C@@H]4CC=C5C[C@@H](O)CC[C@]5(C)[C@H]4CC[C@]23C)nc1. The molecule has 1 N–H and O–H groups in total. The second-order valence-electron chi connectivity index (χ2n) is 12.2. The van der Waals surface area contributed by atoms with Crippen LogP contribution in [0.3, 0.4) is 0 Å². The van der Waals surface area contributed by atoms with E-state index in [0.29, 0.717) is 10.8 Å². The molecule has 3 saturated carbocycles. The average molecular weight is 422 g/mol. The lowest BCUT2D eigenvalue weighted by Gasteiger charge is -2.58. The van der Waals surface area contributed by atoms with Crippen LogP contribution < -0.4 is 0 Å². The van der Waals surface area contributed by atoms with Gasteiger partial charge in [-0.3, -0.25) is 4.98 Å². The van der Waals surface area contributed by atoms with Crippen molar-refractivity contribution in [2.45, 2.75) is 98.0 Å². The van der Waals surface area contributed by atoms with Crippen LogP contribution in [-0.2, 0) is 6.42 Å². The molecule has 0 aromatic carbocycles. The Bertz CT molecular complexity index is 828. The average Bonchev–Trinajstić information content (AvgIpc) is 3.11. The van der Waals surface area contributed by atoms with Gasteiger partial charge in [-0.15, -0.1) is 0 Å². The fourth-order valence-electron chi connectivity index (χ4n) is 8.84. The number of pyridine rings is 1. The molecule has 0 amide bonds. The normalized spacial score (nSPS) is 42.9. The van der Waals surface area contributed by atoms with Crippen LogP contribution in [-0.4, -0.2) is 16.2 Å². The molecule has 0 aliphatic heterocycles. The van der Waals surface area contributed by atoms with Gasteiger partial charge in [-0.2, -0.15) is 0 Å². The maximum absolute atomic E-state index is 10.2. The molecule has 8 atom stereocenters. The summed E-state index contributed by atoms with van der Waals surface area (Å²) in [6.45, 7) is 9.86. The largest absolute Gasteiger partial charge is 0.393 e. The third kappa shape index (κ3) is 3.62. The van der Waals surface area contributed by atoms with E-state index >= 15 is 0 Å². The van der Waals surface area contributed by atoms with Crippen LogP contribution in [0, 0.1) is 47.3 Å². The quantitative estimate of drug-likeness (QED) is 0.536. The summed E-state index contributed by atoms with van der Waals surface area (Å²) in [7, 11) is 0. The zero-order valence-electron chi connectivity index (χ0n) is 20.2. The molecule has 31 heavy (non-hydrogen) atoms. The van der Waals surface area contributed by atoms with E-state index in [1.165, 1.54) is 56.2 Å². The Morgan fingerprint density at radius 3 is 2.71 bits per heavy atom. The fourth-order valence-corrected chi connectivity index (χ4v) is 8.84. The predicted molar refractivity (Wildman–Crippen MR) is 128 cm³/mol. The highest BCUT2D eigenvalue weighted by Crippen LogP contribution is 2.67. The minimum absolute atomic E-state index is 0.0931. The number of hydrogen-bond acceptors (Lipinski definition) is 2. The van der Waals surface area contributed by atoms with Crippen LogP contribution in [0.1, 0.15) is 89.8 Å². The Morgan fingerprint density at radius 2 is 1.94 bits per heavy atom. The lowest BCUT2D eigenvalue weighted by Crippen LogP contribution is -2.50. The van der Waals surface area contributed by atoms with Crippen molar-refractivity contribution in [1.29, 1.82) is 0 Å². The van der Waals surface area contributed by atoms with Gasteiger partial charge in [-0.25, -0.2) is 0 Å². The van der Waals surface area contributed by atoms with E-state index in [1.807, 2.05) is 6.20 Å². The van der Waals surface area contributed by atoms with Crippen LogP contribution in [0.25, 0.3) is 0 Å². The molecular weight excluding hydrogens is 378 g/mol. The van der Waals surface area contributed by atoms with Crippen molar-refractivity contribution in [1.82, 2.24) is 4.98 Å². The number of hydrogen-bond donors (Lipinski definition) is 1. The van der Waals surface area contributed by atoms with Crippen molar-refractivity contribution in [2.75, 3.05) is 0 Å². The van der Waals surface area contributed by atoms with E-state index in [0.717, 1.165) is 48.9 Å². The highest BCUT2D eigenvalue weighted by atomic mass is 16.3.